The van der Waals surface area contributed by atoms with Crippen molar-refractivity contribution in [1.29, 1.82) is 0 Å². The summed E-state index contributed by atoms with van der Waals surface area (Å²) in [6.45, 7) is 2.35. The van der Waals surface area contributed by atoms with Gasteiger partial charge in [-0.05, 0) is 30.7 Å². The van der Waals surface area contributed by atoms with Gasteiger partial charge >= 0.3 is 12.1 Å². The van der Waals surface area contributed by atoms with Gasteiger partial charge in [-0.3, -0.25) is 4.79 Å². The molecule has 0 aromatic heterocycles. The number of carboxylic acids is 1. The van der Waals surface area contributed by atoms with Crippen LogP contribution in [-0.2, 0) is 16.1 Å². The molecule has 1 saturated carbocycles. The summed E-state index contributed by atoms with van der Waals surface area (Å²) in [5.41, 5.74) is 0.0561. The summed E-state index contributed by atoms with van der Waals surface area (Å²) in [7, 11) is 0. The van der Waals surface area contributed by atoms with Crippen molar-refractivity contribution in [3.05, 3.63) is 35.9 Å². The van der Waals surface area contributed by atoms with Crippen molar-refractivity contribution >= 4 is 12.1 Å². The van der Waals surface area contributed by atoms with Crippen molar-refractivity contribution in [3.8, 4) is 0 Å². The van der Waals surface area contributed by atoms with E-state index in [9.17, 15) is 14.7 Å². The van der Waals surface area contributed by atoms with E-state index in [1.54, 1.807) is 0 Å². The molecule has 1 aliphatic rings. The van der Waals surface area contributed by atoms with E-state index in [0.717, 1.165) is 12.0 Å². The Hall–Kier alpha value is -2.04. The first-order chi connectivity index (χ1) is 10.0. The third-order valence-corrected chi connectivity index (χ3v) is 4.09. The standard InChI is InChI=1S/C16H21NO4/c1-12-7-8-16(9-12,14(18)19)11-17-15(20)21-10-13-5-3-2-4-6-13/h2-6,12H,7-11H2,1H3,(H,17,20)(H,18,19). The van der Waals surface area contributed by atoms with Crippen LogP contribution < -0.4 is 5.32 Å². The molecule has 0 saturated heterocycles. The molecule has 0 spiro atoms. The van der Waals surface area contributed by atoms with Crippen molar-refractivity contribution in [2.45, 2.75) is 32.8 Å². The van der Waals surface area contributed by atoms with Gasteiger partial charge in [-0.2, -0.15) is 0 Å². The van der Waals surface area contributed by atoms with Gasteiger partial charge in [0.2, 0.25) is 0 Å². The highest BCUT2D eigenvalue weighted by Gasteiger charge is 2.44. The Morgan fingerprint density at radius 3 is 2.67 bits per heavy atom. The van der Waals surface area contributed by atoms with Gasteiger partial charge in [0.15, 0.2) is 0 Å². The largest absolute Gasteiger partial charge is 0.481 e. The Morgan fingerprint density at radius 2 is 2.10 bits per heavy atom. The fourth-order valence-electron chi connectivity index (χ4n) is 2.84. The number of rotatable bonds is 5. The van der Waals surface area contributed by atoms with E-state index in [-0.39, 0.29) is 13.2 Å². The zero-order chi connectivity index (χ0) is 15.3. The highest BCUT2D eigenvalue weighted by atomic mass is 16.5. The predicted octanol–water partition coefficient (Wildman–Crippen LogP) is 2.80. The summed E-state index contributed by atoms with van der Waals surface area (Å²) >= 11 is 0. The molecule has 1 amide bonds. The maximum Gasteiger partial charge on any atom is 0.407 e. The number of aliphatic carboxylic acids is 1. The van der Waals surface area contributed by atoms with Crippen LogP contribution in [0.25, 0.3) is 0 Å². The van der Waals surface area contributed by atoms with E-state index in [1.807, 2.05) is 37.3 Å². The van der Waals surface area contributed by atoms with E-state index < -0.39 is 17.5 Å². The number of ether oxygens (including phenoxy) is 1. The lowest BCUT2D eigenvalue weighted by Crippen LogP contribution is -2.41. The fraction of sp³-hybridized carbons (Fsp3) is 0.500. The number of carbonyl (C=O) groups excluding carboxylic acids is 1. The molecule has 0 bridgehead atoms. The number of hydrogen-bond acceptors (Lipinski definition) is 3. The average molecular weight is 291 g/mol. The Kier molecular flexibility index (Phi) is 4.83. The molecule has 5 heteroatoms. The zero-order valence-corrected chi connectivity index (χ0v) is 12.2. The van der Waals surface area contributed by atoms with Crippen LogP contribution in [0.2, 0.25) is 0 Å². The molecule has 0 aliphatic heterocycles. The van der Waals surface area contributed by atoms with Crippen molar-refractivity contribution < 1.29 is 19.4 Å². The number of alkyl carbamates (subject to hydrolysis) is 1. The quantitative estimate of drug-likeness (QED) is 0.874. The van der Waals surface area contributed by atoms with Crippen molar-refractivity contribution in [3.63, 3.8) is 0 Å². The number of nitrogens with one attached hydrogen (secondary N) is 1. The summed E-state index contributed by atoms with van der Waals surface area (Å²) in [5.74, 6) is -0.460. The van der Waals surface area contributed by atoms with Gasteiger partial charge in [-0.15, -0.1) is 0 Å². The molecule has 2 atom stereocenters. The Balaban J connectivity index is 1.81. The van der Waals surface area contributed by atoms with Gasteiger partial charge in [0.1, 0.15) is 6.61 Å². The lowest BCUT2D eigenvalue weighted by molar-refractivity contribution is -0.148. The molecule has 0 heterocycles. The van der Waals surface area contributed by atoms with Crippen LogP contribution in [0.15, 0.2) is 30.3 Å². The first kappa shape index (κ1) is 15.4. The first-order valence-electron chi connectivity index (χ1n) is 7.20. The van der Waals surface area contributed by atoms with E-state index >= 15 is 0 Å². The lowest BCUT2D eigenvalue weighted by Gasteiger charge is -2.24. The normalized spacial score (nSPS) is 24.5. The van der Waals surface area contributed by atoms with Crippen LogP contribution >= 0.6 is 0 Å². The average Bonchev–Trinajstić information content (AvgIpc) is 2.87. The van der Waals surface area contributed by atoms with Crippen LogP contribution in [-0.4, -0.2) is 23.7 Å². The number of carbonyl (C=O) groups is 2. The third kappa shape index (κ3) is 3.97. The van der Waals surface area contributed by atoms with E-state index in [2.05, 4.69) is 5.32 Å². The molecule has 1 aliphatic carbocycles. The molecule has 21 heavy (non-hydrogen) atoms. The fourth-order valence-corrected chi connectivity index (χ4v) is 2.84. The molecular weight excluding hydrogens is 270 g/mol. The highest BCUT2D eigenvalue weighted by Crippen LogP contribution is 2.41. The van der Waals surface area contributed by atoms with Crippen LogP contribution in [0.4, 0.5) is 4.79 Å². The van der Waals surface area contributed by atoms with E-state index in [0.29, 0.717) is 18.8 Å². The Labute approximate surface area is 124 Å². The molecule has 1 aromatic rings. The zero-order valence-electron chi connectivity index (χ0n) is 12.2. The molecule has 2 rings (SSSR count). The smallest absolute Gasteiger partial charge is 0.407 e. The summed E-state index contributed by atoms with van der Waals surface area (Å²) < 4.78 is 5.10. The molecule has 1 aromatic carbocycles. The van der Waals surface area contributed by atoms with E-state index in [1.165, 1.54) is 0 Å². The molecule has 1 fully saturated rings. The second-order valence-electron chi connectivity index (χ2n) is 5.85. The van der Waals surface area contributed by atoms with Gasteiger partial charge in [-0.1, -0.05) is 37.3 Å². The second kappa shape index (κ2) is 6.61. The highest BCUT2D eigenvalue weighted by molar-refractivity contribution is 5.76. The number of benzene rings is 1. The van der Waals surface area contributed by atoms with E-state index in [4.69, 9.17) is 4.74 Å². The molecule has 0 radical (unpaired) electrons. The minimum atomic E-state index is -0.842. The van der Waals surface area contributed by atoms with Gasteiger partial charge in [0.25, 0.3) is 0 Å². The summed E-state index contributed by atoms with van der Waals surface area (Å²) in [6.07, 6.45) is 1.51. The van der Waals surface area contributed by atoms with Crippen LogP contribution in [0.5, 0.6) is 0 Å². The van der Waals surface area contributed by atoms with Crippen LogP contribution in [0, 0.1) is 11.3 Å². The number of hydrogen-bond donors (Lipinski definition) is 2. The van der Waals surface area contributed by atoms with Crippen molar-refractivity contribution in [2.24, 2.45) is 11.3 Å². The third-order valence-electron chi connectivity index (χ3n) is 4.09. The lowest BCUT2D eigenvalue weighted by atomic mass is 9.85. The minimum Gasteiger partial charge on any atom is -0.481 e. The maximum absolute atomic E-state index is 11.7. The minimum absolute atomic E-state index is 0.125. The van der Waals surface area contributed by atoms with Crippen LogP contribution in [0.3, 0.4) is 0 Å². The Bertz CT molecular complexity index is 502. The molecule has 2 unspecified atom stereocenters. The number of amides is 1. The maximum atomic E-state index is 11.7. The topological polar surface area (TPSA) is 75.6 Å². The molecular formula is C16H21NO4. The molecule has 114 valence electrons. The predicted molar refractivity (Wildman–Crippen MR) is 77.7 cm³/mol. The van der Waals surface area contributed by atoms with Crippen molar-refractivity contribution in [2.75, 3.05) is 6.54 Å². The molecule has 5 nitrogen and oxygen atoms in total. The number of carboxylic acid groups (broad SMARTS) is 1. The van der Waals surface area contributed by atoms with Gasteiger partial charge in [-0.25, -0.2) is 4.79 Å². The monoisotopic (exact) mass is 291 g/mol. The summed E-state index contributed by atoms with van der Waals surface area (Å²) in [5, 5.41) is 12.0. The van der Waals surface area contributed by atoms with Gasteiger partial charge in [0.05, 0.1) is 5.41 Å². The first-order valence-corrected chi connectivity index (χ1v) is 7.20. The molecule has 2 N–H and O–H groups in total. The SMILES string of the molecule is CC1CCC(CNC(=O)OCc2ccccc2)(C(=O)O)C1. The summed E-state index contributed by atoms with van der Waals surface area (Å²) in [4.78, 5) is 23.2. The van der Waals surface area contributed by atoms with Gasteiger partial charge in [0, 0.05) is 6.54 Å². The Morgan fingerprint density at radius 1 is 1.38 bits per heavy atom. The summed E-state index contributed by atoms with van der Waals surface area (Å²) in [6, 6.07) is 9.36. The second-order valence-corrected chi connectivity index (χ2v) is 5.85. The van der Waals surface area contributed by atoms with Crippen LogP contribution in [0.1, 0.15) is 31.7 Å². The van der Waals surface area contributed by atoms with Gasteiger partial charge < -0.3 is 15.2 Å². The van der Waals surface area contributed by atoms with Crippen molar-refractivity contribution in [1.82, 2.24) is 5.32 Å².